The van der Waals surface area contributed by atoms with Crippen LogP contribution in [0.4, 0.5) is 15.9 Å². The second-order valence-electron chi connectivity index (χ2n) is 6.87. The molecule has 6 nitrogen and oxygen atoms in total. The number of ether oxygens (including phenoxy) is 1. The summed E-state index contributed by atoms with van der Waals surface area (Å²) in [6, 6.07) is 13.3. The van der Waals surface area contributed by atoms with Gasteiger partial charge >= 0.3 is 5.97 Å². The van der Waals surface area contributed by atoms with Gasteiger partial charge in [-0.05, 0) is 74.9 Å². The normalized spacial score (nSPS) is 10.9. The van der Waals surface area contributed by atoms with Gasteiger partial charge in [0, 0.05) is 17.1 Å². The molecule has 0 aliphatic heterocycles. The zero-order chi connectivity index (χ0) is 21.3. The van der Waals surface area contributed by atoms with E-state index in [-0.39, 0.29) is 11.8 Å². The maximum Gasteiger partial charge on any atom is 0.338 e. The van der Waals surface area contributed by atoms with Crippen LogP contribution >= 0.6 is 0 Å². The molecule has 0 aliphatic carbocycles. The molecular formula is C23H21FN4O2. The van der Waals surface area contributed by atoms with Crippen LogP contribution in [0.3, 0.4) is 0 Å². The van der Waals surface area contributed by atoms with Gasteiger partial charge in [-0.25, -0.2) is 19.2 Å². The lowest BCUT2D eigenvalue weighted by Gasteiger charge is -2.09. The van der Waals surface area contributed by atoms with E-state index in [9.17, 15) is 9.18 Å². The van der Waals surface area contributed by atoms with E-state index in [4.69, 9.17) is 4.74 Å². The second kappa shape index (κ2) is 7.94. The number of hydrogen-bond acceptors (Lipinski definition) is 5. The van der Waals surface area contributed by atoms with E-state index in [1.807, 2.05) is 18.4 Å². The van der Waals surface area contributed by atoms with Crippen molar-refractivity contribution in [1.29, 1.82) is 0 Å². The Morgan fingerprint density at radius 1 is 1.07 bits per heavy atom. The summed E-state index contributed by atoms with van der Waals surface area (Å²) >= 11 is 0. The Bertz CT molecular complexity index is 1210. The van der Waals surface area contributed by atoms with Gasteiger partial charge in [0.15, 0.2) is 5.65 Å². The molecule has 0 saturated heterocycles. The Hall–Kier alpha value is -3.74. The van der Waals surface area contributed by atoms with Crippen LogP contribution in [0.2, 0.25) is 0 Å². The molecule has 0 radical (unpaired) electrons. The molecule has 0 amide bonds. The molecule has 4 rings (SSSR count). The van der Waals surface area contributed by atoms with Crippen LogP contribution in [0.1, 0.15) is 28.5 Å². The van der Waals surface area contributed by atoms with E-state index in [1.165, 1.54) is 18.5 Å². The number of anilines is 2. The van der Waals surface area contributed by atoms with Crippen LogP contribution in [0, 0.1) is 19.7 Å². The first-order valence-electron chi connectivity index (χ1n) is 9.62. The number of fused-ring (bicyclic) bond motifs is 1. The number of carbonyl (C=O) groups is 1. The Morgan fingerprint density at radius 3 is 2.43 bits per heavy atom. The van der Waals surface area contributed by atoms with Gasteiger partial charge < -0.3 is 10.1 Å². The molecule has 0 bridgehead atoms. The topological polar surface area (TPSA) is 69.0 Å². The number of rotatable bonds is 5. The maximum absolute atomic E-state index is 13.4. The monoisotopic (exact) mass is 404 g/mol. The van der Waals surface area contributed by atoms with E-state index < -0.39 is 0 Å². The zero-order valence-electron chi connectivity index (χ0n) is 16.9. The second-order valence-corrected chi connectivity index (χ2v) is 6.87. The van der Waals surface area contributed by atoms with Gasteiger partial charge in [0.2, 0.25) is 0 Å². The predicted octanol–water partition coefficient (Wildman–Crippen LogP) is 5.10. The van der Waals surface area contributed by atoms with Crippen LogP contribution in [0.25, 0.3) is 16.7 Å². The standard InChI is InChI=1S/C23H21FN4O2/c1-4-30-23(29)16-5-9-18(10-6-16)27-21-20-14(2)15(3)28(22(20)26-13-25-21)19-11-7-17(24)8-12-19/h5-13H,4H2,1-3H3,(H,25,26,27). The molecule has 0 spiro atoms. The van der Waals surface area contributed by atoms with Crippen molar-refractivity contribution in [2.75, 3.05) is 11.9 Å². The lowest BCUT2D eigenvalue weighted by atomic mass is 10.2. The van der Waals surface area contributed by atoms with Gasteiger partial charge in [0.25, 0.3) is 0 Å². The highest BCUT2D eigenvalue weighted by molar-refractivity contribution is 5.95. The molecule has 152 valence electrons. The van der Waals surface area contributed by atoms with Crippen LogP contribution in [0.15, 0.2) is 54.9 Å². The minimum Gasteiger partial charge on any atom is -0.462 e. The van der Waals surface area contributed by atoms with Gasteiger partial charge in [-0.2, -0.15) is 0 Å². The average molecular weight is 404 g/mol. The molecule has 4 aromatic rings. The van der Waals surface area contributed by atoms with Gasteiger partial charge in [0.1, 0.15) is 18.0 Å². The quantitative estimate of drug-likeness (QED) is 0.469. The fourth-order valence-electron chi connectivity index (χ4n) is 3.44. The number of esters is 1. The third-order valence-corrected chi connectivity index (χ3v) is 5.04. The molecule has 7 heteroatoms. The number of benzene rings is 2. The van der Waals surface area contributed by atoms with Crippen molar-refractivity contribution in [2.45, 2.75) is 20.8 Å². The summed E-state index contributed by atoms with van der Waals surface area (Å²) < 4.78 is 20.4. The molecule has 2 aromatic heterocycles. The first-order valence-corrected chi connectivity index (χ1v) is 9.62. The van der Waals surface area contributed by atoms with Crippen molar-refractivity contribution < 1.29 is 13.9 Å². The largest absolute Gasteiger partial charge is 0.462 e. The highest BCUT2D eigenvalue weighted by Crippen LogP contribution is 2.32. The summed E-state index contributed by atoms with van der Waals surface area (Å²) in [6.07, 6.45) is 1.50. The van der Waals surface area contributed by atoms with Crippen molar-refractivity contribution >= 4 is 28.5 Å². The van der Waals surface area contributed by atoms with E-state index in [1.54, 1.807) is 43.3 Å². The third kappa shape index (κ3) is 3.50. The minimum atomic E-state index is -0.351. The molecule has 0 fully saturated rings. The Labute approximate surface area is 173 Å². The van der Waals surface area contributed by atoms with E-state index >= 15 is 0 Å². The zero-order valence-corrected chi connectivity index (χ0v) is 16.9. The van der Waals surface area contributed by atoms with Crippen molar-refractivity contribution in [3.8, 4) is 5.69 Å². The van der Waals surface area contributed by atoms with Gasteiger partial charge in [-0.15, -0.1) is 0 Å². The Morgan fingerprint density at radius 2 is 1.77 bits per heavy atom. The first-order chi connectivity index (χ1) is 14.5. The molecule has 0 aliphatic rings. The average Bonchev–Trinajstić information content (AvgIpc) is 3.01. The Kier molecular flexibility index (Phi) is 5.18. The smallest absolute Gasteiger partial charge is 0.338 e. The highest BCUT2D eigenvalue weighted by Gasteiger charge is 2.18. The summed E-state index contributed by atoms with van der Waals surface area (Å²) in [5.41, 5.74) is 4.87. The van der Waals surface area contributed by atoms with Crippen molar-refractivity contribution in [3.05, 3.63) is 77.5 Å². The van der Waals surface area contributed by atoms with Gasteiger partial charge in [-0.1, -0.05) is 0 Å². The van der Waals surface area contributed by atoms with Crippen molar-refractivity contribution in [1.82, 2.24) is 14.5 Å². The third-order valence-electron chi connectivity index (χ3n) is 5.04. The van der Waals surface area contributed by atoms with Gasteiger partial charge in [-0.3, -0.25) is 4.57 Å². The molecule has 2 aromatic carbocycles. The van der Waals surface area contributed by atoms with E-state index in [0.717, 1.165) is 33.7 Å². The summed E-state index contributed by atoms with van der Waals surface area (Å²) in [4.78, 5) is 20.7. The van der Waals surface area contributed by atoms with Crippen LogP contribution in [0.5, 0.6) is 0 Å². The molecule has 0 unspecified atom stereocenters. The number of nitrogens with one attached hydrogen (secondary N) is 1. The minimum absolute atomic E-state index is 0.284. The fourth-order valence-corrected chi connectivity index (χ4v) is 3.44. The van der Waals surface area contributed by atoms with Crippen LogP contribution < -0.4 is 5.32 Å². The lowest BCUT2D eigenvalue weighted by molar-refractivity contribution is 0.0526. The van der Waals surface area contributed by atoms with Gasteiger partial charge in [0.05, 0.1) is 17.6 Å². The molecule has 2 heterocycles. The highest BCUT2D eigenvalue weighted by atomic mass is 19.1. The summed E-state index contributed by atoms with van der Waals surface area (Å²) in [7, 11) is 0. The van der Waals surface area contributed by atoms with Crippen LogP contribution in [-0.4, -0.2) is 27.1 Å². The molecule has 0 saturated carbocycles. The number of nitrogens with zero attached hydrogens (tertiary/aromatic N) is 3. The predicted molar refractivity (Wildman–Crippen MR) is 114 cm³/mol. The molecular weight excluding hydrogens is 383 g/mol. The maximum atomic E-state index is 13.4. The number of carbonyl (C=O) groups excluding carboxylic acids is 1. The van der Waals surface area contributed by atoms with Crippen molar-refractivity contribution in [3.63, 3.8) is 0 Å². The molecule has 1 N–H and O–H groups in total. The summed E-state index contributed by atoms with van der Waals surface area (Å²) in [5, 5.41) is 4.19. The van der Waals surface area contributed by atoms with Crippen molar-refractivity contribution in [2.24, 2.45) is 0 Å². The lowest BCUT2D eigenvalue weighted by Crippen LogP contribution is -2.04. The number of hydrogen-bond donors (Lipinski definition) is 1. The number of halogens is 1. The fraction of sp³-hybridized carbons (Fsp3) is 0.174. The Balaban J connectivity index is 1.73. The van der Waals surface area contributed by atoms with Crippen LogP contribution in [-0.2, 0) is 4.74 Å². The van der Waals surface area contributed by atoms with E-state index in [0.29, 0.717) is 18.0 Å². The summed E-state index contributed by atoms with van der Waals surface area (Å²) in [5.74, 6) is 0.0227. The first kappa shape index (κ1) is 19.6. The number of aromatic nitrogens is 3. The SMILES string of the molecule is CCOC(=O)c1ccc(Nc2ncnc3c2c(C)c(C)n3-c2ccc(F)cc2)cc1. The van der Waals surface area contributed by atoms with E-state index in [2.05, 4.69) is 15.3 Å². The molecule has 30 heavy (non-hydrogen) atoms. The molecule has 0 atom stereocenters. The summed E-state index contributed by atoms with van der Waals surface area (Å²) in [6.45, 7) is 6.12. The number of aryl methyl sites for hydroxylation is 1.